The Morgan fingerprint density at radius 2 is 1.86 bits per heavy atom. The van der Waals surface area contributed by atoms with Gasteiger partial charge in [0.1, 0.15) is 0 Å². The molecule has 0 saturated heterocycles. The quantitative estimate of drug-likeness (QED) is 0.708. The Hall–Kier alpha value is -2.93. The zero-order valence-corrected chi connectivity index (χ0v) is 16.6. The van der Waals surface area contributed by atoms with Crippen LogP contribution in [-0.2, 0) is 21.4 Å². The van der Waals surface area contributed by atoms with Crippen molar-refractivity contribution in [3.63, 3.8) is 0 Å². The third-order valence-electron chi connectivity index (χ3n) is 5.11. The van der Waals surface area contributed by atoms with E-state index in [2.05, 4.69) is 32.6 Å². The normalized spacial score (nSPS) is 16.7. The van der Waals surface area contributed by atoms with Crippen LogP contribution in [0.15, 0.2) is 58.1 Å². The van der Waals surface area contributed by atoms with E-state index in [1.807, 2.05) is 24.3 Å². The molecular weight excluding hydrogens is 374 g/mol. The first-order valence-corrected chi connectivity index (χ1v) is 10.6. The number of benzene rings is 2. The molecule has 28 heavy (non-hydrogen) atoms. The van der Waals surface area contributed by atoms with Crippen molar-refractivity contribution in [2.24, 2.45) is 4.40 Å². The Kier molecular flexibility index (Phi) is 4.55. The molecule has 2 aromatic rings. The lowest BCUT2D eigenvalue weighted by Crippen LogP contribution is -2.28. The number of hydrogen-bond acceptors (Lipinski definition) is 3. The highest BCUT2D eigenvalue weighted by molar-refractivity contribution is 7.88. The number of carbonyl (C=O) groups is 1. The monoisotopic (exact) mass is 395 g/mol. The van der Waals surface area contributed by atoms with E-state index in [1.54, 1.807) is 13.8 Å². The molecule has 144 valence electrons. The predicted octanol–water partition coefficient (Wildman–Crippen LogP) is 3.56. The molecule has 1 amide bonds. The molecule has 1 heterocycles. The molecule has 0 radical (unpaired) electrons. The summed E-state index contributed by atoms with van der Waals surface area (Å²) in [5, 5.41) is 2.94. The van der Waals surface area contributed by atoms with Gasteiger partial charge in [-0.1, -0.05) is 30.3 Å². The van der Waals surface area contributed by atoms with Gasteiger partial charge in [-0.25, -0.2) is 0 Å². The van der Waals surface area contributed by atoms with Crippen LogP contribution in [0, 0.1) is 0 Å². The number of fused-ring (bicyclic) bond motifs is 3. The minimum Gasteiger partial charge on any atom is -0.326 e. The molecule has 2 N–H and O–H groups in total. The summed E-state index contributed by atoms with van der Waals surface area (Å²) in [6.45, 7) is 3.33. The zero-order valence-electron chi connectivity index (χ0n) is 15.7. The molecule has 2 aliphatic rings. The second-order valence-corrected chi connectivity index (χ2v) is 8.45. The van der Waals surface area contributed by atoms with Crippen LogP contribution >= 0.6 is 0 Å². The van der Waals surface area contributed by atoms with Crippen LogP contribution in [0.4, 0.5) is 5.69 Å². The van der Waals surface area contributed by atoms with Gasteiger partial charge in [0, 0.05) is 17.8 Å². The van der Waals surface area contributed by atoms with E-state index in [0.29, 0.717) is 17.8 Å². The first-order chi connectivity index (χ1) is 13.3. The van der Waals surface area contributed by atoms with Crippen LogP contribution in [0.5, 0.6) is 0 Å². The Morgan fingerprint density at radius 3 is 2.64 bits per heavy atom. The van der Waals surface area contributed by atoms with Gasteiger partial charge in [-0.15, -0.1) is 4.40 Å². The fourth-order valence-electron chi connectivity index (χ4n) is 3.84. The maximum absolute atomic E-state index is 12.4. The number of carbonyl (C=O) groups excluding carboxylic acids is 1. The van der Waals surface area contributed by atoms with Crippen molar-refractivity contribution in [1.82, 2.24) is 4.72 Å². The number of anilines is 1. The van der Waals surface area contributed by atoms with Crippen molar-refractivity contribution < 1.29 is 13.2 Å². The van der Waals surface area contributed by atoms with Gasteiger partial charge >= 0.3 is 10.2 Å². The number of amides is 1. The third kappa shape index (κ3) is 3.57. The molecule has 0 aromatic heterocycles. The van der Waals surface area contributed by atoms with Crippen LogP contribution in [0.25, 0.3) is 11.1 Å². The summed E-state index contributed by atoms with van der Waals surface area (Å²) < 4.78 is 29.2. The molecule has 6 nitrogen and oxygen atoms in total. The first kappa shape index (κ1) is 18.4. The van der Waals surface area contributed by atoms with Crippen LogP contribution in [0.3, 0.4) is 0 Å². The van der Waals surface area contributed by atoms with E-state index < -0.39 is 10.2 Å². The maximum Gasteiger partial charge on any atom is 0.342 e. The summed E-state index contributed by atoms with van der Waals surface area (Å²) in [5.74, 6) is -0.114. The topological polar surface area (TPSA) is 87.6 Å². The Morgan fingerprint density at radius 1 is 1.11 bits per heavy atom. The maximum atomic E-state index is 12.4. The molecule has 4 rings (SSSR count). The molecule has 2 aromatic carbocycles. The smallest absolute Gasteiger partial charge is 0.326 e. The summed E-state index contributed by atoms with van der Waals surface area (Å²) in [7, 11) is -3.65. The number of rotatable bonds is 4. The van der Waals surface area contributed by atoms with E-state index in [1.165, 1.54) is 22.3 Å². The molecule has 0 spiro atoms. The zero-order chi connectivity index (χ0) is 19.9. The molecule has 1 aliphatic heterocycles. The Bertz CT molecular complexity index is 1150. The van der Waals surface area contributed by atoms with Crippen molar-refractivity contribution >= 4 is 27.5 Å². The summed E-state index contributed by atoms with van der Waals surface area (Å²) >= 11 is 0. The molecule has 0 atom stereocenters. The van der Waals surface area contributed by atoms with Crippen molar-refractivity contribution in [2.75, 3.05) is 5.32 Å². The van der Waals surface area contributed by atoms with E-state index in [9.17, 15) is 13.2 Å². The Balaban J connectivity index is 1.42. The summed E-state index contributed by atoms with van der Waals surface area (Å²) in [4.78, 5) is 12.4. The Labute approximate surface area is 164 Å². The van der Waals surface area contributed by atoms with Crippen molar-refractivity contribution in [3.05, 3.63) is 64.9 Å². The lowest BCUT2D eigenvalue weighted by Gasteiger charge is -2.17. The van der Waals surface area contributed by atoms with E-state index in [4.69, 9.17) is 0 Å². The van der Waals surface area contributed by atoms with Crippen molar-refractivity contribution in [2.45, 2.75) is 33.1 Å². The number of nitrogens with zero attached hydrogens (tertiary/aromatic N) is 1. The average molecular weight is 395 g/mol. The van der Waals surface area contributed by atoms with Crippen molar-refractivity contribution in [1.29, 1.82) is 0 Å². The third-order valence-corrected chi connectivity index (χ3v) is 6.19. The minimum atomic E-state index is -3.65. The van der Waals surface area contributed by atoms with E-state index in [-0.39, 0.29) is 12.3 Å². The summed E-state index contributed by atoms with van der Waals surface area (Å²) in [6.07, 6.45) is 1.54. The largest absolute Gasteiger partial charge is 0.342 e. The van der Waals surface area contributed by atoms with Gasteiger partial charge < -0.3 is 5.32 Å². The SMILES string of the molecule is CC1=NS(=O)(=O)NC(C)=C1CCC(=O)Nc1ccc2c(c1)Cc1ccccc1-2. The van der Waals surface area contributed by atoms with Gasteiger partial charge in [-0.3, -0.25) is 9.52 Å². The summed E-state index contributed by atoms with van der Waals surface area (Å²) in [6, 6.07) is 14.3. The molecular formula is C21H21N3O3S. The second-order valence-electron chi connectivity index (χ2n) is 7.11. The number of nitrogens with one attached hydrogen (secondary N) is 2. The van der Waals surface area contributed by atoms with Gasteiger partial charge in [0.05, 0.1) is 5.71 Å². The highest BCUT2D eigenvalue weighted by Gasteiger charge is 2.21. The molecule has 7 heteroatoms. The fraction of sp³-hybridized carbons (Fsp3) is 0.238. The van der Waals surface area contributed by atoms with Crippen molar-refractivity contribution in [3.8, 4) is 11.1 Å². The molecule has 0 bridgehead atoms. The van der Waals surface area contributed by atoms with E-state index >= 15 is 0 Å². The van der Waals surface area contributed by atoms with Gasteiger partial charge in [-0.2, -0.15) is 8.42 Å². The molecule has 1 aliphatic carbocycles. The lowest BCUT2D eigenvalue weighted by atomic mass is 10.0. The van der Waals surface area contributed by atoms with Gasteiger partial charge in [-0.05, 0) is 66.6 Å². The molecule has 0 fully saturated rings. The standard InChI is InChI=1S/C21H21N3O3S/c1-13-18(14(2)24-28(26,27)23-13)9-10-21(25)22-17-7-8-20-16(12-17)11-15-5-3-4-6-19(15)20/h3-8,12,23H,9-11H2,1-2H3,(H,22,25). The van der Waals surface area contributed by atoms with Crippen LogP contribution in [0.1, 0.15) is 37.8 Å². The van der Waals surface area contributed by atoms with Crippen LogP contribution in [-0.4, -0.2) is 20.0 Å². The fourth-order valence-corrected chi connectivity index (χ4v) is 4.86. The van der Waals surface area contributed by atoms with Gasteiger partial charge in [0.2, 0.25) is 5.91 Å². The molecule has 0 unspecified atom stereocenters. The number of hydrogen-bond donors (Lipinski definition) is 2. The highest BCUT2D eigenvalue weighted by Crippen LogP contribution is 2.37. The van der Waals surface area contributed by atoms with Gasteiger partial charge in [0.25, 0.3) is 0 Å². The van der Waals surface area contributed by atoms with Crippen LogP contribution in [0.2, 0.25) is 0 Å². The summed E-state index contributed by atoms with van der Waals surface area (Å²) in [5.41, 5.74) is 7.48. The van der Waals surface area contributed by atoms with Gasteiger partial charge in [0.15, 0.2) is 0 Å². The highest BCUT2D eigenvalue weighted by atomic mass is 32.2. The average Bonchev–Trinajstić information content (AvgIpc) is 2.97. The van der Waals surface area contributed by atoms with Crippen LogP contribution < -0.4 is 10.0 Å². The first-order valence-electron chi connectivity index (χ1n) is 9.13. The van der Waals surface area contributed by atoms with E-state index in [0.717, 1.165) is 17.7 Å². The second kappa shape index (κ2) is 6.91. The lowest BCUT2D eigenvalue weighted by molar-refractivity contribution is -0.116. The molecule has 0 saturated carbocycles. The minimum absolute atomic E-state index is 0.114. The predicted molar refractivity (Wildman–Crippen MR) is 110 cm³/mol. The number of allylic oxidation sites excluding steroid dienone is 2.